The third-order valence-corrected chi connectivity index (χ3v) is 1.81. The van der Waals surface area contributed by atoms with Gasteiger partial charge in [0.05, 0.1) is 6.10 Å². The molecule has 0 unspecified atom stereocenters. The average molecular weight is 207 g/mol. The van der Waals surface area contributed by atoms with Gasteiger partial charge in [-0.15, -0.1) is 0 Å². The van der Waals surface area contributed by atoms with Gasteiger partial charge in [-0.3, -0.25) is 4.90 Å². The summed E-state index contributed by atoms with van der Waals surface area (Å²) in [6, 6.07) is 0. The molecular formula is C11H26FNO. The largest absolute Gasteiger partial charge is 0.377 e. The maximum Gasteiger partial charge on any atom is 0.102 e. The zero-order chi connectivity index (χ0) is 11.4. The highest BCUT2D eigenvalue weighted by Crippen LogP contribution is 1.96. The van der Waals surface area contributed by atoms with E-state index >= 15 is 0 Å². The van der Waals surface area contributed by atoms with Gasteiger partial charge in [-0.05, 0) is 20.4 Å². The molecule has 0 amide bonds. The highest BCUT2D eigenvalue weighted by molar-refractivity contribution is 4.60. The molecule has 0 bridgehead atoms. The summed E-state index contributed by atoms with van der Waals surface area (Å²) >= 11 is 0. The molecular weight excluding hydrogens is 181 g/mol. The lowest BCUT2D eigenvalue weighted by Crippen LogP contribution is -2.33. The van der Waals surface area contributed by atoms with Gasteiger partial charge in [-0.1, -0.05) is 20.8 Å². The molecule has 2 nitrogen and oxygen atoms in total. The first kappa shape index (κ1) is 16.3. The summed E-state index contributed by atoms with van der Waals surface area (Å²) in [5.74, 6) is 0. The van der Waals surface area contributed by atoms with Crippen molar-refractivity contribution in [1.82, 2.24) is 4.90 Å². The molecule has 88 valence electrons. The van der Waals surface area contributed by atoms with Crippen LogP contribution in [0.15, 0.2) is 0 Å². The molecule has 0 spiro atoms. The predicted molar refractivity (Wildman–Crippen MR) is 60.5 cm³/mol. The van der Waals surface area contributed by atoms with Crippen LogP contribution in [0, 0.1) is 0 Å². The van der Waals surface area contributed by atoms with E-state index in [4.69, 9.17) is 4.74 Å². The van der Waals surface area contributed by atoms with Crippen LogP contribution < -0.4 is 0 Å². The number of rotatable bonds is 7. The van der Waals surface area contributed by atoms with E-state index in [1.165, 1.54) is 0 Å². The van der Waals surface area contributed by atoms with Gasteiger partial charge in [0, 0.05) is 19.7 Å². The summed E-state index contributed by atoms with van der Waals surface area (Å²) in [7, 11) is 0. The van der Waals surface area contributed by atoms with Gasteiger partial charge >= 0.3 is 0 Å². The molecule has 0 heterocycles. The maximum absolute atomic E-state index is 12.0. The van der Waals surface area contributed by atoms with Crippen LogP contribution in [0.3, 0.4) is 0 Å². The van der Waals surface area contributed by atoms with Crippen molar-refractivity contribution in [2.24, 2.45) is 0 Å². The number of halogens is 1. The van der Waals surface area contributed by atoms with Gasteiger partial charge in [0.15, 0.2) is 0 Å². The predicted octanol–water partition coefficient (Wildman–Crippen LogP) is 2.73. The van der Waals surface area contributed by atoms with E-state index in [2.05, 4.69) is 4.90 Å². The lowest BCUT2D eigenvalue weighted by Gasteiger charge is -2.22. The lowest BCUT2D eigenvalue weighted by molar-refractivity contribution is 0.0456. The van der Waals surface area contributed by atoms with Crippen LogP contribution >= 0.6 is 0 Å². The van der Waals surface area contributed by atoms with E-state index < -0.39 is 0 Å². The van der Waals surface area contributed by atoms with Gasteiger partial charge in [0.2, 0.25) is 0 Å². The minimum absolute atomic E-state index is 0.210. The standard InChI is InChI=1S/C9H20FNO.C2H6/c1-4-11(7-6-10)8-9(3)12-5-2;1-2/h9H,4-8H2,1-3H3;1-2H3/t9-;/m0./s1. The molecule has 0 aliphatic rings. The molecule has 0 saturated heterocycles. The van der Waals surface area contributed by atoms with Crippen molar-refractivity contribution in [3.05, 3.63) is 0 Å². The molecule has 0 radical (unpaired) electrons. The normalized spacial score (nSPS) is 12.2. The van der Waals surface area contributed by atoms with Gasteiger partial charge < -0.3 is 4.74 Å². The summed E-state index contributed by atoms with van der Waals surface area (Å²) in [5, 5.41) is 0. The molecule has 0 saturated carbocycles. The van der Waals surface area contributed by atoms with Crippen molar-refractivity contribution >= 4 is 0 Å². The van der Waals surface area contributed by atoms with Crippen LogP contribution in [0.1, 0.15) is 34.6 Å². The molecule has 0 aromatic rings. The summed E-state index contributed by atoms with van der Waals surface area (Å²) in [6.07, 6.45) is 0.210. The zero-order valence-electron chi connectivity index (χ0n) is 10.3. The Balaban J connectivity index is 0. The molecule has 0 N–H and O–H groups in total. The monoisotopic (exact) mass is 207 g/mol. The Morgan fingerprint density at radius 1 is 1.29 bits per heavy atom. The third kappa shape index (κ3) is 9.93. The fourth-order valence-electron chi connectivity index (χ4n) is 1.20. The van der Waals surface area contributed by atoms with E-state index in [1.54, 1.807) is 0 Å². The number of likely N-dealkylation sites (N-methyl/N-ethyl adjacent to an activating group) is 1. The molecule has 0 aliphatic heterocycles. The molecule has 14 heavy (non-hydrogen) atoms. The van der Waals surface area contributed by atoms with E-state index in [-0.39, 0.29) is 12.8 Å². The first-order valence-electron chi connectivity index (χ1n) is 5.64. The molecule has 0 rings (SSSR count). The minimum Gasteiger partial charge on any atom is -0.377 e. The minimum atomic E-state index is -0.271. The van der Waals surface area contributed by atoms with Crippen LogP contribution in [-0.2, 0) is 4.74 Å². The number of nitrogens with zero attached hydrogens (tertiary/aromatic N) is 1. The maximum atomic E-state index is 12.0. The van der Waals surface area contributed by atoms with Gasteiger partial charge in [0.25, 0.3) is 0 Å². The smallest absolute Gasteiger partial charge is 0.102 e. The van der Waals surface area contributed by atoms with Gasteiger partial charge in [-0.2, -0.15) is 0 Å². The molecule has 0 aromatic heterocycles. The Hall–Kier alpha value is -0.150. The topological polar surface area (TPSA) is 12.5 Å². The SMILES string of the molecule is CC.CCO[C@@H](C)CN(CC)CCF. The highest BCUT2D eigenvalue weighted by atomic mass is 19.1. The summed E-state index contributed by atoms with van der Waals surface area (Å²) in [6.45, 7) is 12.7. The van der Waals surface area contributed by atoms with Crippen LogP contribution in [0.5, 0.6) is 0 Å². The second kappa shape index (κ2) is 12.8. The van der Waals surface area contributed by atoms with Crippen molar-refractivity contribution < 1.29 is 9.13 Å². The van der Waals surface area contributed by atoms with Crippen LogP contribution in [0.25, 0.3) is 0 Å². The fourth-order valence-corrected chi connectivity index (χ4v) is 1.20. The van der Waals surface area contributed by atoms with Crippen molar-refractivity contribution in [3.63, 3.8) is 0 Å². The lowest BCUT2D eigenvalue weighted by atomic mass is 10.3. The van der Waals surface area contributed by atoms with E-state index in [1.807, 2.05) is 34.6 Å². The molecule has 0 aromatic carbocycles. The van der Waals surface area contributed by atoms with Crippen molar-refractivity contribution in [1.29, 1.82) is 0 Å². The Kier molecular flexibility index (Phi) is 14.9. The Morgan fingerprint density at radius 3 is 2.21 bits per heavy atom. The van der Waals surface area contributed by atoms with Crippen molar-refractivity contribution in [3.8, 4) is 0 Å². The second-order valence-electron chi connectivity index (χ2n) is 2.85. The van der Waals surface area contributed by atoms with E-state index in [0.717, 1.165) is 19.7 Å². The molecule has 3 heteroatoms. The summed E-state index contributed by atoms with van der Waals surface area (Å²) in [5.41, 5.74) is 0. The van der Waals surface area contributed by atoms with Crippen LogP contribution in [0.4, 0.5) is 4.39 Å². The first-order valence-corrected chi connectivity index (χ1v) is 5.64. The van der Waals surface area contributed by atoms with E-state index in [0.29, 0.717) is 6.54 Å². The molecule has 0 aliphatic carbocycles. The second-order valence-corrected chi connectivity index (χ2v) is 2.85. The number of hydrogen-bond acceptors (Lipinski definition) is 2. The van der Waals surface area contributed by atoms with Crippen molar-refractivity contribution in [2.45, 2.75) is 40.7 Å². The van der Waals surface area contributed by atoms with E-state index in [9.17, 15) is 4.39 Å². The Morgan fingerprint density at radius 2 is 1.86 bits per heavy atom. The zero-order valence-corrected chi connectivity index (χ0v) is 10.3. The summed E-state index contributed by atoms with van der Waals surface area (Å²) < 4.78 is 17.3. The third-order valence-electron chi connectivity index (χ3n) is 1.81. The number of ether oxygens (including phenoxy) is 1. The average Bonchev–Trinajstić information content (AvgIpc) is 2.20. The molecule has 1 atom stereocenters. The molecule has 0 fully saturated rings. The summed E-state index contributed by atoms with van der Waals surface area (Å²) in [4.78, 5) is 2.06. The Bertz CT molecular complexity index is 101. The fraction of sp³-hybridized carbons (Fsp3) is 1.00. The van der Waals surface area contributed by atoms with Crippen LogP contribution in [0.2, 0.25) is 0 Å². The number of hydrogen-bond donors (Lipinski definition) is 0. The van der Waals surface area contributed by atoms with Gasteiger partial charge in [-0.25, -0.2) is 4.39 Å². The number of alkyl halides is 1. The quantitative estimate of drug-likeness (QED) is 0.636. The highest BCUT2D eigenvalue weighted by Gasteiger charge is 2.07. The van der Waals surface area contributed by atoms with Crippen molar-refractivity contribution in [2.75, 3.05) is 32.9 Å². The Labute approximate surface area is 88.4 Å². The first-order chi connectivity index (χ1) is 6.74. The van der Waals surface area contributed by atoms with Crippen LogP contribution in [-0.4, -0.2) is 43.9 Å². The van der Waals surface area contributed by atoms with Gasteiger partial charge in [0.1, 0.15) is 6.67 Å².